The maximum absolute atomic E-state index is 13.6. The highest BCUT2D eigenvalue weighted by Crippen LogP contribution is 2.43. The molecule has 1 aromatic heterocycles. The molecule has 36 heavy (non-hydrogen) atoms. The molecule has 2 aromatic rings. The molecule has 2 heterocycles. The maximum Gasteiger partial charge on any atom is 0.416 e. The zero-order valence-electron chi connectivity index (χ0n) is 20.7. The minimum Gasteiger partial charge on any atom is -0.496 e. The molecular weight excluding hydrogens is 473 g/mol. The van der Waals surface area contributed by atoms with E-state index in [1.54, 1.807) is 18.2 Å². The van der Waals surface area contributed by atoms with Crippen LogP contribution in [0.25, 0.3) is 5.57 Å². The first-order valence-electron chi connectivity index (χ1n) is 11.9. The second-order valence-electron chi connectivity index (χ2n) is 9.02. The van der Waals surface area contributed by atoms with E-state index in [2.05, 4.69) is 15.2 Å². The summed E-state index contributed by atoms with van der Waals surface area (Å²) in [4.78, 5) is 21.5. The third-order valence-electron chi connectivity index (χ3n) is 6.54. The van der Waals surface area contributed by atoms with Crippen molar-refractivity contribution in [2.75, 3.05) is 65.9 Å². The largest absolute Gasteiger partial charge is 0.496 e. The number of nitrogens with zero attached hydrogens (tertiary/aromatic N) is 3. The van der Waals surface area contributed by atoms with Gasteiger partial charge in [-0.05, 0) is 25.2 Å². The SMILES string of the molecule is COCCNc1cc(Cc2ccc(C(=O)N3CCN(C)CC3)cc2OC)nc2c1C(C(F)(F)F)=CC2. The number of rotatable bonds is 8. The number of halogens is 3. The smallest absolute Gasteiger partial charge is 0.416 e. The monoisotopic (exact) mass is 504 g/mol. The summed E-state index contributed by atoms with van der Waals surface area (Å²) in [6, 6.07) is 6.98. The van der Waals surface area contributed by atoms with E-state index in [0.717, 1.165) is 18.7 Å². The van der Waals surface area contributed by atoms with Gasteiger partial charge in [0, 0.05) is 80.7 Å². The molecule has 0 radical (unpaired) electrons. The Kier molecular flexibility index (Phi) is 7.85. The third kappa shape index (κ3) is 5.65. The van der Waals surface area contributed by atoms with Crippen LogP contribution in [0.4, 0.5) is 18.9 Å². The minimum atomic E-state index is -4.46. The average molecular weight is 505 g/mol. The van der Waals surface area contributed by atoms with Crippen molar-refractivity contribution >= 4 is 17.2 Å². The van der Waals surface area contributed by atoms with Gasteiger partial charge in [0.1, 0.15) is 5.75 Å². The lowest BCUT2D eigenvalue weighted by Crippen LogP contribution is -2.47. The predicted octanol–water partition coefficient (Wildman–Crippen LogP) is 3.63. The molecule has 1 aromatic carbocycles. The van der Waals surface area contributed by atoms with Gasteiger partial charge in [-0.2, -0.15) is 13.2 Å². The standard InChI is InChI=1S/C26H31F3N4O3/c1-32-9-11-33(12-10-32)25(34)18-5-4-17(23(15-18)36-3)14-19-16-22(30-8-13-35-2)24-20(26(27,28)29)6-7-21(24)31-19/h4-6,15-16H,7-14H2,1-3H3,(H,30,31). The number of aromatic nitrogens is 1. The molecule has 1 aliphatic heterocycles. The molecule has 194 valence electrons. The summed E-state index contributed by atoms with van der Waals surface area (Å²) in [6.07, 6.45) is -2.81. The van der Waals surface area contributed by atoms with Crippen molar-refractivity contribution in [3.05, 3.63) is 58.4 Å². The number of piperazine rings is 1. The van der Waals surface area contributed by atoms with E-state index in [1.165, 1.54) is 20.3 Å². The van der Waals surface area contributed by atoms with E-state index in [4.69, 9.17) is 9.47 Å². The number of alkyl halides is 3. The lowest BCUT2D eigenvalue weighted by molar-refractivity contribution is -0.0687. The van der Waals surface area contributed by atoms with Crippen LogP contribution in [0.15, 0.2) is 30.3 Å². The van der Waals surface area contributed by atoms with Gasteiger partial charge in [0.25, 0.3) is 5.91 Å². The fourth-order valence-corrected chi connectivity index (χ4v) is 4.59. The number of nitrogens with one attached hydrogen (secondary N) is 1. The topological polar surface area (TPSA) is 66.9 Å². The molecule has 1 N–H and O–H groups in total. The summed E-state index contributed by atoms with van der Waals surface area (Å²) in [6.45, 7) is 3.72. The summed E-state index contributed by atoms with van der Waals surface area (Å²) in [5, 5.41) is 3.08. The number of hydrogen-bond donors (Lipinski definition) is 1. The van der Waals surface area contributed by atoms with Crippen LogP contribution in [-0.4, -0.2) is 87.5 Å². The third-order valence-corrected chi connectivity index (χ3v) is 6.54. The van der Waals surface area contributed by atoms with Crippen molar-refractivity contribution in [3.63, 3.8) is 0 Å². The molecule has 1 amide bonds. The Labute approximate surface area is 208 Å². The molecule has 0 spiro atoms. The molecule has 2 aliphatic rings. The number of anilines is 1. The first kappa shape index (κ1) is 26.0. The van der Waals surface area contributed by atoms with Gasteiger partial charge < -0.3 is 24.6 Å². The zero-order valence-corrected chi connectivity index (χ0v) is 20.7. The van der Waals surface area contributed by atoms with E-state index in [-0.39, 0.29) is 17.9 Å². The van der Waals surface area contributed by atoms with Gasteiger partial charge in [0.15, 0.2) is 0 Å². The van der Waals surface area contributed by atoms with Crippen LogP contribution in [0.3, 0.4) is 0 Å². The predicted molar refractivity (Wildman–Crippen MR) is 132 cm³/mol. The first-order chi connectivity index (χ1) is 17.2. The van der Waals surface area contributed by atoms with Crippen LogP contribution < -0.4 is 10.1 Å². The lowest BCUT2D eigenvalue weighted by Gasteiger charge is -2.32. The number of methoxy groups -OCH3 is 2. The summed E-state index contributed by atoms with van der Waals surface area (Å²) in [5.41, 5.74) is 2.16. The lowest BCUT2D eigenvalue weighted by atomic mass is 10.0. The molecular formula is C26H31F3N4O3. The van der Waals surface area contributed by atoms with E-state index < -0.39 is 11.7 Å². The Hall–Kier alpha value is -3.11. The number of allylic oxidation sites excluding steroid dienone is 2. The second kappa shape index (κ2) is 10.9. The molecule has 0 unspecified atom stereocenters. The molecule has 1 aliphatic carbocycles. The average Bonchev–Trinajstić information content (AvgIpc) is 3.29. The van der Waals surface area contributed by atoms with Gasteiger partial charge in [-0.3, -0.25) is 9.78 Å². The van der Waals surface area contributed by atoms with Gasteiger partial charge in [-0.1, -0.05) is 12.1 Å². The summed E-state index contributed by atoms with van der Waals surface area (Å²) < 4.78 is 51.5. The van der Waals surface area contributed by atoms with Crippen molar-refractivity contribution in [1.82, 2.24) is 14.8 Å². The Balaban J connectivity index is 1.59. The molecule has 0 bridgehead atoms. The fraction of sp³-hybridized carbons (Fsp3) is 0.462. The zero-order chi connectivity index (χ0) is 25.9. The van der Waals surface area contributed by atoms with Crippen molar-refractivity contribution < 1.29 is 27.4 Å². The van der Waals surface area contributed by atoms with Crippen molar-refractivity contribution in [1.29, 1.82) is 0 Å². The highest BCUT2D eigenvalue weighted by molar-refractivity contribution is 5.95. The van der Waals surface area contributed by atoms with Gasteiger partial charge in [-0.25, -0.2) is 0 Å². The van der Waals surface area contributed by atoms with E-state index in [9.17, 15) is 18.0 Å². The molecule has 1 fully saturated rings. The normalized spacial score (nSPS) is 16.1. The number of amides is 1. The first-order valence-corrected chi connectivity index (χ1v) is 11.9. The Morgan fingerprint density at radius 3 is 2.56 bits per heavy atom. The number of carbonyl (C=O) groups excluding carboxylic acids is 1. The Morgan fingerprint density at radius 2 is 1.89 bits per heavy atom. The summed E-state index contributed by atoms with van der Waals surface area (Å²) in [5.74, 6) is 0.499. The molecule has 1 saturated heterocycles. The van der Waals surface area contributed by atoms with E-state index in [0.29, 0.717) is 61.1 Å². The van der Waals surface area contributed by atoms with Gasteiger partial charge >= 0.3 is 6.18 Å². The van der Waals surface area contributed by atoms with Gasteiger partial charge in [0.05, 0.1) is 25.0 Å². The number of benzene rings is 1. The number of fused-ring (bicyclic) bond motifs is 1. The van der Waals surface area contributed by atoms with Crippen molar-refractivity contribution in [2.24, 2.45) is 0 Å². The van der Waals surface area contributed by atoms with Crippen molar-refractivity contribution in [3.8, 4) is 5.75 Å². The molecule has 0 atom stereocenters. The van der Waals surface area contributed by atoms with Crippen LogP contribution in [0, 0.1) is 0 Å². The second-order valence-corrected chi connectivity index (χ2v) is 9.02. The highest BCUT2D eigenvalue weighted by atomic mass is 19.4. The van der Waals surface area contributed by atoms with E-state index >= 15 is 0 Å². The number of pyridine rings is 1. The Morgan fingerprint density at radius 1 is 1.14 bits per heavy atom. The van der Waals surface area contributed by atoms with Gasteiger partial charge in [0.2, 0.25) is 0 Å². The summed E-state index contributed by atoms with van der Waals surface area (Å²) in [7, 11) is 5.11. The number of likely N-dealkylation sites (N-methyl/N-ethyl adjacent to an activating group) is 1. The maximum atomic E-state index is 13.6. The molecule has 0 saturated carbocycles. The molecule has 4 rings (SSSR count). The molecule has 7 nitrogen and oxygen atoms in total. The van der Waals surface area contributed by atoms with Crippen molar-refractivity contribution in [2.45, 2.75) is 19.0 Å². The molecule has 10 heteroatoms. The Bertz CT molecular complexity index is 1140. The van der Waals surface area contributed by atoms with Crippen LogP contribution in [0.5, 0.6) is 5.75 Å². The van der Waals surface area contributed by atoms with Gasteiger partial charge in [-0.15, -0.1) is 0 Å². The number of hydrogen-bond acceptors (Lipinski definition) is 6. The van der Waals surface area contributed by atoms with Crippen LogP contribution >= 0.6 is 0 Å². The number of ether oxygens (including phenoxy) is 2. The summed E-state index contributed by atoms with van der Waals surface area (Å²) >= 11 is 0. The van der Waals surface area contributed by atoms with Crippen LogP contribution in [0.1, 0.15) is 32.9 Å². The minimum absolute atomic E-state index is 0.0426. The quantitative estimate of drug-likeness (QED) is 0.554. The number of carbonyl (C=O) groups is 1. The van der Waals surface area contributed by atoms with E-state index in [1.807, 2.05) is 18.0 Å². The highest BCUT2D eigenvalue weighted by Gasteiger charge is 2.40. The van der Waals surface area contributed by atoms with Crippen LogP contribution in [0.2, 0.25) is 0 Å². The van der Waals surface area contributed by atoms with Crippen LogP contribution in [-0.2, 0) is 17.6 Å². The fourth-order valence-electron chi connectivity index (χ4n) is 4.59.